The molecule has 3 aromatic carbocycles. The summed E-state index contributed by atoms with van der Waals surface area (Å²) < 4.78 is 0. The number of ketones is 1. The molecule has 0 saturated heterocycles. The molecule has 0 amide bonds. The second kappa shape index (κ2) is 4.95. The van der Waals surface area contributed by atoms with E-state index in [1.54, 1.807) is 0 Å². The van der Waals surface area contributed by atoms with E-state index < -0.39 is 0 Å². The van der Waals surface area contributed by atoms with Crippen molar-refractivity contribution < 1.29 is 4.79 Å². The fourth-order valence-corrected chi connectivity index (χ4v) is 2.87. The SMILES string of the molecule is O=C(CBr)c1cc2cc(Cl)ccc2c2ccccc12. The summed E-state index contributed by atoms with van der Waals surface area (Å²) in [5.74, 6) is 0.0816. The van der Waals surface area contributed by atoms with Gasteiger partial charge in [0.15, 0.2) is 5.78 Å². The highest BCUT2D eigenvalue weighted by atomic mass is 79.9. The summed E-state index contributed by atoms with van der Waals surface area (Å²) in [5, 5.41) is 5.19. The summed E-state index contributed by atoms with van der Waals surface area (Å²) in [6.45, 7) is 0. The zero-order valence-corrected chi connectivity index (χ0v) is 12.3. The summed E-state index contributed by atoms with van der Waals surface area (Å²) in [6, 6.07) is 15.7. The lowest BCUT2D eigenvalue weighted by Crippen LogP contribution is -2.01. The third kappa shape index (κ3) is 2.15. The van der Waals surface area contributed by atoms with Crippen LogP contribution in [0.25, 0.3) is 21.5 Å². The number of carbonyl (C=O) groups is 1. The molecule has 0 N–H and O–H groups in total. The molecule has 94 valence electrons. The number of hydrogen-bond donors (Lipinski definition) is 0. The normalized spacial score (nSPS) is 11.1. The first-order valence-electron chi connectivity index (χ1n) is 5.91. The van der Waals surface area contributed by atoms with E-state index in [1.165, 1.54) is 0 Å². The molecular weight excluding hydrogens is 324 g/mol. The number of benzene rings is 3. The van der Waals surface area contributed by atoms with Gasteiger partial charge in [0.1, 0.15) is 0 Å². The van der Waals surface area contributed by atoms with Crippen LogP contribution >= 0.6 is 27.5 Å². The number of hydrogen-bond acceptors (Lipinski definition) is 1. The van der Waals surface area contributed by atoms with Crippen LogP contribution in [0.5, 0.6) is 0 Å². The number of rotatable bonds is 2. The molecule has 0 aromatic heterocycles. The molecule has 3 aromatic rings. The molecule has 0 aliphatic rings. The van der Waals surface area contributed by atoms with Crippen molar-refractivity contribution in [3.63, 3.8) is 0 Å². The van der Waals surface area contributed by atoms with E-state index in [4.69, 9.17) is 11.6 Å². The third-order valence-electron chi connectivity index (χ3n) is 3.24. The van der Waals surface area contributed by atoms with E-state index in [0.29, 0.717) is 10.4 Å². The molecule has 3 heteroatoms. The van der Waals surface area contributed by atoms with Gasteiger partial charge in [-0.05, 0) is 39.7 Å². The zero-order chi connectivity index (χ0) is 13.4. The van der Waals surface area contributed by atoms with Crippen molar-refractivity contribution in [2.24, 2.45) is 0 Å². The lowest BCUT2D eigenvalue weighted by atomic mass is 9.96. The summed E-state index contributed by atoms with van der Waals surface area (Å²) in [6.07, 6.45) is 0. The lowest BCUT2D eigenvalue weighted by molar-refractivity contribution is 0.102. The number of carbonyl (C=O) groups excluding carboxylic acids is 1. The highest BCUT2D eigenvalue weighted by Gasteiger charge is 2.11. The van der Waals surface area contributed by atoms with E-state index in [-0.39, 0.29) is 5.78 Å². The van der Waals surface area contributed by atoms with Gasteiger partial charge in [-0.3, -0.25) is 4.79 Å². The molecule has 0 heterocycles. The van der Waals surface area contributed by atoms with Crippen LogP contribution in [0.2, 0.25) is 5.02 Å². The van der Waals surface area contributed by atoms with Gasteiger partial charge in [-0.15, -0.1) is 0 Å². The van der Waals surface area contributed by atoms with Crippen LogP contribution in [0.15, 0.2) is 48.5 Å². The van der Waals surface area contributed by atoms with E-state index in [1.807, 2.05) is 48.5 Å². The van der Waals surface area contributed by atoms with E-state index in [0.717, 1.165) is 27.1 Å². The summed E-state index contributed by atoms with van der Waals surface area (Å²) in [7, 11) is 0. The molecule has 19 heavy (non-hydrogen) atoms. The first-order valence-corrected chi connectivity index (χ1v) is 7.41. The number of alkyl halides is 1. The Bertz CT molecular complexity index is 795. The van der Waals surface area contributed by atoms with Crippen LogP contribution in [-0.2, 0) is 0 Å². The Hall–Kier alpha value is -1.38. The predicted molar refractivity (Wildman–Crippen MR) is 84.6 cm³/mol. The maximum Gasteiger partial charge on any atom is 0.174 e. The second-order valence-corrected chi connectivity index (χ2v) is 5.39. The highest BCUT2D eigenvalue weighted by Crippen LogP contribution is 2.30. The maximum absolute atomic E-state index is 12.1. The maximum atomic E-state index is 12.1. The predicted octanol–water partition coefficient (Wildman–Crippen LogP) is 5.22. The van der Waals surface area contributed by atoms with Gasteiger partial charge in [-0.1, -0.05) is 57.9 Å². The molecule has 0 aliphatic carbocycles. The topological polar surface area (TPSA) is 17.1 Å². The van der Waals surface area contributed by atoms with Gasteiger partial charge in [0, 0.05) is 10.6 Å². The van der Waals surface area contributed by atoms with Crippen molar-refractivity contribution in [2.45, 2.75) is 0 Å². The van der Waals surface area contributed by atoms with Gasteiger partial charge in [-0.2, -0.15) is 0 Å². The fraction of sp³-hybridized carbons (Fsp3) is 0.0625. The van der Waals surface area contributed by atoms with Crippen molar-refractivity contribution in [3.05, 3.63) is 59.1 Å². The molecule has 3 rings (SSSR count). The summed E-state index contributed by atoms with van der Waals surface area (Å²) >= 11 is 9.28. The molecule has 0 bridgehead atoms. The van der Waals surface area contributed by atoms with Crippen LogP contribution in [-0.4, -0.2) is 11.1 Å². The van der Waals surface area contributed by atoms with E-state index >= 15 is 0 Å². The Morgan fingerprint density at radius 3 is 2.47 bits per heavy atom. The molecule has 0 fully saturated rings. The average molecular weight is 334 g/mol. The molecule has 1 nitrogen and oxygen atoms in total. The minimum absolute atomic E-state index is 0.0816. The highest BCUT2D eigenvalue weighted by molar-refractivity contribution is 9.09. The first-order chi connectivity index (χ1) is 9.20. The summed E-state index contributed by atoms with van der Waals surface area (Å²) in [5.41, 5.74) is 0.738. The van der Waals surface area contributed by atoms with Crippen LogP contribution < -0.4 is 0 Å². The molecule has 0 aliphatic heterocycles. The fourth-order valence-electron chi connectivity index (χ4n) is 2.39. The molecule has 0 spiro atoms. The smallest absolute Gasteiger partial charge is 0.174 e. The molecule has 0 unspecified atom stereocenters. The van der Waals surface area contributed by atoms with Crippen molar-refractivity contribution in [3.8, 4) is 0 Å². The second-order valence-electron chi connectivity index (χ2n) is 4.39. The van der Waals surface area contributed by atoms with Crippen LogP contribution in [0.1, 0.15) is 10.4 Å². The Labute approximate surface area is 124 Å². The Kier molecular flexibility index (Phi) is 3.29. The van der Waals surface area contributed by atoms with Crippen molar-refractivity contribution >= 4 is 54.9 Å². The van der Waals surface area contributed by atoms with Gasteiger partial charge in [0.25, 0.3) is 0 Å². The molecule has 0 atom stereocenters. The van der Waals surface area contributed by atoms with Crippen LogP contribution in [0.4, 0.5) is 0 Å². The van der Waals surface area contributed by atoms with Crippen LogP contribution in [0.3, 0.4) is 0 Å². The minimum atomic E-state index is 0.0816. The molecule has 0 saturated carbocycles. The molecule has 0 radical (unpaired) electrons. The Morgan fingerprint density at radius 2 is 1.74 bits per heavy atom. The van der Waals surface area contributed by atoms with Gasteiger partial charge in [-0.25, -0.2) is 0 Å². The quantitative estimate of drug-likeness (QED) is 0.357. The first kappa shape index (κ1) is 12.6. The standard InChI is InChI=1S/C16H10BrClO/c17-9-16(19)15-8-10-7-11(18)5-6-12(10)13-3-1-2-4-14(13)15/h1-8H,9H2. The lowest BCUT2D eigenvalue weighted by Gasteiger charge is -2.09. The van der Waals surface area contributed by atoms with Gasteiger partial charge in [0.05, 0.1) is 5.33 Å². The van der Waals surface area contributed by atoms with Gasteiger partial charge < -0.3 is 0 Å². The van der Waals surface area contributed by atoms with Gasteiger partial charge >= 0.3 is 0 Å². The van der Waals surface area contributed by atoms with E-state index in [2.05, 4.69) is 15.9 Å². The Balaban J connectivity index is 2.49. The van der Waals surface area contributed by atoms with Gasteiger partial charge in [0.2, 0.25) is 0 Å². The monoisotopic (exact) mass is 332 g/mol. The number of halogens is 2. The van der Waals surface area contributed by atoms with Crippen molar-refractivity contribution in [1.29, 1.82) is 0 Å². The largest absolute Gasteiger partial charge is 0.293 e. The van der Waals surface area contributed by atoms with Crippen LogP contribution in [0, 0.1) is 0 Å². The summed E-state index contributed by atoms with van der Waals surface area (Å²) in [4.78, 5) is 12.1. The van der Waals surface area contributed by atoms with Crippen molar-refractivity contribution in [1.82, 2.24) is 0 Å². The van der Waals surface area contributed by atoms with E-state index in [9.17, 15) is 4.79 Å². The third-order valence-corrected chi connectivity index (χ3v) is 3.99. The molecular formula is C16H10BrClO. The van der Waals surface area contributed by atoms with Crippen molar-refractivity contribution in [2.75, 3.05) is 5.33 Å². The zero-order valence-electron chi connectivity index (χ0n) is 9.99. The average Bonchev–Trinajstić information content (AvgIpc) is 2.45. The number of Topliss-reactive ketones (excluding diaryl/α,β-unsaturated/α-hetero) is 1. The number of fused-ring (bicyclic) bond motifs is 3. The minimum Gasteiger partial charge on any atom is -0.293 e. The Morgan fingerprint density at radius 1 is 1.00 bits per heavy atom.